The molecule has 0 radical (unpaired) electrons. The lowest BCUT2D eigenvalue weighted by Crippen LogP contribution is -2.42. The number of nitrogens with two attached hydrogens (primary N) is 1. The van der Waals surface area contributed by atoms with Gasteiger partial charge in [0.2, 0.25) is 0 Å². The van der Waals surface area contributed by atoms with Crippen molar-refractivity contribution in [3.63, 3.8) is 0 Å². The van der Waals surface area contributed by atoms with E-state index in [4.69, 9.17) is 17.3 Å². The number of hydrogen-bond acceptors (Lipinski definition) is 4. The van der Waals surface area contributed by atoms with Gasteiger partial charge in [-0.1, -0.05) is 55.8 Å². The summed E-state index contributed by atoms with van der Waals surface area (Å²) >= 11 is 6.07. The first-order valence-corrected chi connectivity index (χ1v) is 9.97. The molecule has 1 aliphatic carbocycles. The van der Waals surface area contributed by atoms with Crippen molar-refractivity contribution in [2.75, 3.05) is 4.90 Å². The van der Waals surface area contributed by atoms with E-state index in [2.05, 4.69) is 19.9 Å². The summed E-state index contributed by atoms with van der Waals surface area (Å²) in [5, 5.41) is 10.6. The number of anilines is 1. The maximum atomic E-state index is 13.3. The Hall–Kier alpha value is -3.03. The van der Waals surface area contributed by atoms with Crippen molar-refractivity contribution in [1.29, 1.82) is 5.26 Å². The second kappa shape index (κ2) is 7.09. The van der Waals surface area contributed by atoms with Gasteiger partial charge in [-0.05, 0) is 41.7 Å². The number of carbonyl (C=O) groups excluding carboxylic acids is 1. The van der Waals surface area contributed by atoms with E-state index in [0.717, 1.165) is 16.9 Å². The highest BCUT2D eigenvalue weighted by molar-refractivity contribution is 6.30. The van der Waals surface area contributed by atoms with E-state index in [1.807, 2.05) is 47.4 Å². The highest BCUT2D eigenvalue weighted by Crippen LogP contribution is 2.50. The summed E-state index contributed by atoms with van der Waals surface area (Å²) in [6.45, 7) is 4.18. The maximum Gasteiger partial charge on any atom is 0.162 e. The van der Waals surface area contributed by atoms with E-state index in [1.54, 1.807) is 12.1 Å². The van der Waals surface area contributed by atoms with Crippen LogP contribution in [-0.2, 0) is 4.79 Å². The first kappa shape index (κ1) is 19.3. The fraction of sp³-hybridized carbons (Fsp3) is 0.250. The normalized spacial score (nSPS) is 21.1. The van der Waals surface area contributed by atoms with Crippen LogP contribution >= 0.6 is 11.6 Å². The van der Waals surface area contributed by atoms with Crippen LogP contribution in [0.25, 0.3) is 0 Å². The number of allylic oxidation sites excluding steroid dienone is 3. The second-order valence-electron chi connectivity index (χ2n) is 8.37. The molecule has 0 aromatic heterocycles. The number of halogens is 1. The van der Waals surface area contributed by atoms with Crippen molar-refractivity contribution in [3.8, 4) is 6.07 Å². The van der Waals surface area contributed by atoms with Crippen molar-refractivity contribution in [2.24, 2.45) is 11.1 Å². The highest BCUT2D eigenvalue weighted by atomic mass is 35.5. The van der Waals surface area contributed by atoms with Crippen molar-refractivity contribution in [2.45, 2.75) is 32.6 Å². The lowest BCUT2D eigenvalue weighted by molar-refractivity contribution is -0.118. The Morgan fingerprint density at radius 1 is 1.10 bits per heavy atom. The van der Waals surface area contributed by atoms with Crippen LogP contribution in [0.5, 0.6) is 0 Å². The SMILES string of the molecule is CC1(C)CC(=O)C2=C(C1)N(c1ccc(Cl)cc1)C(N)=C(C#N)[C@H]2c1ccccc1. The van der Waals surface area contributed by atoms with E-state index in [9.17, 15) is 10.1 Å². The summed E-state index contributed by atoms with van der Waals surface area (Å²) in [5.74, 6) is 0.000548. The minimum absolute atomic E-state index is 0.0734. The average molecular weight is 404 g/mol. The van der Waals surface area contributed by atoms with Gasteiger partial charge in [0.05, 0.1) is 17.6 Å². The number of hydrogen-bond donors (Lipinski definition) is 1. The Morgan fingerprint density at radius 2 is 1.76 bits per heavy atom. The van der Waals surface area contributed by atoms with Crippen LogP contribution < -0.4 is 10.6 Å². The molecule has 0 saturated carbocycles. The summed E-state index contributed by atoms with van der Waals surface area (Å²) in [6, 6.07) is 19.3. The molecule has 1 aliphatic heterocycles. The van der Waals surface area contributed by atoms with Gasteiger partial charge in [-0.25, -0.2) is 0 Å². The summed E-state index contributed by atoms with van der Waals surface area (Å²) < 4.78 is 0. The number of carbonyl (C=O) groups is 1. The summed E-state index contributed by atoms with van der Waals surface area (Å²) in [5.41, 5.74) is 10.0. The molecule has 2 aliphatic rings. The standard InChI is InChI=1S/C24H22ClN3O/c1-24(2)12-19-22(20(29)13-24)21(15-6-4-3-5-7-15)18(14-26)23(27)28(19)17-10-8-16(25)9-11-17/h3-11,21H,12-13,27H2,1-2H3/t21-/m1/s1. The van der Waals surface area contributed by atoms with Crippen molar-refractivity contribution >= 4 is 23.1 Å². The topological polar surface area (TPSA) is 70.1 Å². The number of nitrogens with zero attached hydrogens (tertiary/aromatic N) is 2. The van der Waals surface area contributed by atoms with Gasteiger partial charge in [-0.15, -0.1) is 0 Å². The fourth-order valence-electron chi connectivity index (χ4n) is 4.37. The van der Waals surface area contributed by atoms with Crippen LogP contribution in [0.4, 0.5) is 5.69 Å². The van der Waals surface area contributed by atoms with E-state index in [0.29, 0.717) is 34.8 Å². The van der Waals surface area contributed by atoms with Crippen LogP contribution in [0.3, 0.4) is 0 Å². The molecule has 0 saturated heterocycles. The predicted octanol–water partition coefficient (Wildman–Crippen LogP) is 5.28. The zero-order valence-electron chi connectivity index (χ0n) is 16.4. The molecule has 2 N–H and O–H groups in total. The number of nitriles is 1. The minimum atomic E-state index is -0.441. The molecule has 1 atom stereocenters. The molecular weight excluding hydrogens is 382 g/mol. The monoisotopic (exact) mass is 403 g/mol. The largest absolute Gasteiger partial charge is 0.384 e. The molecule has 0 amide bonds. The van der Waals surface area contributed by atoms with Gasteiger partial charge < -0.3 is 5.73 Å². The molecule has 1 heterocycles. The van der Waals surface area contributed by atoms with Gasteiger partial charge in [0, 0.05) is 28.4 Å². The Kier molecular flexibility index (Phi) is 4.72. The van der Waals surface area contributed by atoms with E-state index < -0.39 is 5.92 Å². The predicted molar refractivity (Wildman–Crippen MR) is 115 cm³/mol. The molecule has 0 spiro atoms. The van der Waals surface area contributed by atoms with Crippen LogP contribution in [-0.4, -0.2) is 5.78 Å². The smallest absolute Gasteiger partial charge is 0.162 e. The highest BCUT2D eigenvalue weighted by Gasteiger charge is 2.44. The van der Waals surface area contributed by atoms with Crippen molar-refractivity contribution < 1.29 is 4.79 Å². The Morgan fingerprint density at radius 3 is 2.38 bits per heavy atom. The van der Waals surface area contributed by atoms with E-state index >= 15 is 0 Å². The maximum absolute atomic E-state index is 13.3. The summed E-state index contributed by atoms with van der Waals surface area (Å²) in [4.78, 5) is 15.2. The van der Waals surface area contributed by atoms with Crippen LogP contribution in [0.1, 0.15) is 38.2 Å². The number of ketones is 1. The Labute approximate surface area is 175 Å². The Balaban J connectivity index is 1.99. The zero-order chi connectivity index (χ0) is 20.8. The first-order chi connectivity index (χ1) is 13.8. The minimum Gasteiger partial charge on any atom is -0.384 e. The second-order valence-corrected chi connectivity index (χ2v) is 8.80. The third kappa shape index (κ3) is 3.32. The quantitative estimate of drug-likeness (QED) is 0.740. The number of benzene rings is 2. The number of Topliss-reactive ketones (excluding diaryl/α,β-unsaturated/α-hetero) is 1. The molecule has 0 fully saturated rings. The lowest BCUT2D eigenvalue weighted by Gasteiger charge is -2.43. The van der Waals surface area contributed by atoms with Crippen molar-refractivity contribution in [3.05, 3.63) is 87.8 Å². The molecule has 0 unspecified atom stereocenters. The van der Waals surface area contributed by atoms with Gasteiger partial charge in [0.25, 0.3) is 0 Å². The third-order valence-corrected chi connectivity index (χ3v) is 5.85. The molecule has 2 aromatic rings. The number of rotatable bonds is 2. The fourth-order valence-corrected chi connectivity index (χ4v) is 4.50. The molecule has 29 heavy (non-hydrogen) atoms. The molecule has 146 valence electrons. The van der Waals surface area contributed by atoms with Crippen LogP contribution in [0.2, 0.25) is 5.02 Å². The van der Waals surface area contributed by atoms with Gasteiger partial charge >= 0.3 is 0 Å². The van der Waals surface area contributed by atoms with Gasteiger partial charge in [-0.2, -0.15) is 5.26 Å². The molecule has 5 heteroatoms. The van der Waals surface area contributed by atoms with Gasteiger partial charge in [0.1, 0.15) is 5.82 Å². The third-order valence-electron chi connectivity index (χ3n) is 5.60. The molecule has 0 bridgehead atoms. The summed E-state index contributed by atoms with van der Waals surface area (Å²) in [6.07, 6.45) is 1.14. The molecule has 4 nitrogen and oxygen atoms in total. The van der Waals surface area contributed by atoms with Crippen molar-refractivity contribution in [1.82, 2.24) is 0 Å². The molecule has 4 rings (SSSR count). The lowest BCUT2D eigenvalue weighted by atomic mass is 9.68. The average Bonchev–Trinajstić information content (AvgIpc) is 2.68. The van der Waals surface area contributed by atoms with E-state index in [1.165, 1.54) is 0 Å². The first-order valence-electron chi connectivity index (χ1n) is 9.59. The van der Waals surface area contributed by atoms with Gasteiger partial charge in [-0.3, -0.25) is 9.69 Å². The summed E-state index contributed by atoms with van der Waals surface area (Å²) in [7, 11) is 0. The van der Waals surface area contributed by atoms with Crippen LogP contribution in [0.15, 0.2) is 77.3 Å². The molecular formula is C24H22ClN3O. The Bertz CT molecular complexity index is 1080. The van der Waals surface area contributed by atoms with Gasteiger partial charge in [0.15, 0.2) is 5.78 Å². The molecule has 2 aromatic carbocycles. The van der Waals surface area contributed by atoms with E-state index in [-0.39, 0.29) is 11.2 Å². The van der Waals surface area contributed by atoms with Crippen LogP contribution in [0, 0.1) is 16.7 Å². The zero-order valence-corrected chi connectivity index (χ0v) is 17.2.